The van der Waals surface area contributed by atoms with Gasteiger partial charge in [-0.15, -0.1) is 0 Å². The topological polar surface area (TPSA) is 95.9 Å². The van der Waals surface area contributed by atoms with E-state index in [2.05, 4.69) is 16.0 Å². The van der Waals surface area contributed by atoms with Gasteiger partial charge in [0.25, 0.3) is 5.91 Å². The first-order valence-electron chi connectivity index (χ1n) is 12.8. The molecule has 0 fully saturated rings. The molecule has 192 valence electrons. The number of hydrogen-bond donors (Lipinski definition) is 1. The number of hydrogen-bond acceptors (Lipinski definition) is 6. The van der Waals surface area contributed by atoms with Gasteiger partial charge in [0.15, 0.2) is 0 Å². The van der Waals surface area contributed by atoms with E-state index in [1.54, 1.807) is 35.4 Å². The minimum Gasteiger partial charge on any atom is -0.472 e. The van der Waals surface area contributed by atoms with Crippen LogP contribution in [0.5, 0.6) is 5.88 Å². The van der Waals surface area contributed by atoms with Crippen LogP contribution in [0, 0.1) is 5.92 Å². The third-order valence-electron chi connectivity index (χ3n) is 7.17. The Labute approximate surface area is 213 Å². The highest BCUT2D eigenvalue weighted by Crippen LogP contribution is 2.32. The second kappa shape index (κ2) is 11.6. The van der Waals surface area contributed by atoms with E-state index in [1.165, 1.54) is 12.0 Å². The van der Waals surface area contributed by atoms with Crippen molar-refractivity contribution in [3.63, 3.8) is 0 Å². The first kappa shape index (κ1) is 25.8. The Morgan fingerprint density at radius 2 is 2.08 bits per heavy atom. The molecular weight excluding hydrogens is 456 g/mol. The number of likely N-dealkylation sites (N-methyl/N-ethyl adjacent to an activating group) is 1. The van der Waals surface area contributed by atoms with Crippen molar-refractivity contribution in [1.29, 1.82) is 0 Å². The number of ether oxygens (including phenoxy) is 1. The maximum absolute atomic E-state index is 13.6. The van der Waals surface area contributed by atoms with Crippen LogP contribution < -0.4 is 4.74 Å². The zero-order valence-corrected chi connectivity index (χ0v) is 21.4. The standard InChI is InChI=1S/C28H36N4O4/c1-19-16-32(20(2)18-33)28(35)24-14-23(22-7-5-4-6-8-22)15-30-27(24)36-25(19)17-31(3)26(34)13-21-9-11-29-12-10-21/h7,9-12,14-15,19-20,25,33H,4-6,8,13,16-18H2,1-3H3/t19-,20-,25-/m1/s1. The van der Waals surface area contributed by atoms with E-state index < -0.39 is 0 Å². The lowest BCUT2D eigenvalue weighted by atomic mass is 9.93. The Morgan fingerprint density at radius 3 is 2.78 bits per heavy atom. The average Bonchev–Trinajstić information content (AvgIpc) is 2.91. The fraction of sp³-hybridized carbons (Fsp3) is 0.500. The molecule has 0 radical (unpaired) electrons. The number of aliphatic hydroxyl groups excluding tert-OH is 1. The Balaban J connectivity index is 1.61. The van der Waals surface area contributed by atoms with Crippen molar-refractivity contribution in [1.82, 2.24) is 19.8 Å². The number of aliphatic hydroxyl groups is 1. The van der Waals surface area contributed by atoms with E-state index in [1.807, 2.05) is 32.0 Å². The quantitative estimate of drug-likeness (QED) is 0.637. The van der Waals surface area contributed by atoms with Crippen LogP contribution in [0.15, 0.2) is 42.9 Å². The predicted molar refractivity (Wildman–Crippen MR) is 137 cm³/mol. The molecule has 4 rings (SSSR count). The van der Waals surface area contributed by atoms with Crippen LogP contribution in [0.3, 0.4) is 0 Å². The maximum atomic E-state index is 13.6. The van der Waals surface area contributed by atoms with Gasteiger partial charge in [-0.2, -0.15) is 0 Å². The minimum absolute atomic E-state index is 0.0246. The van der Waals surface area contributed by atoms with Gasteiger partial charge >= 0.3 is 0 Å². The number of aromatic nitrogens is 2. The van der Waals surface area contributed by atoms with Crippen LogP contribution in [0.1, 0.15) is 61.0 Å². The van der Waals surface area contributed by atoms with E-state index >= 15 is 0 Å². The van der Waals surface area contributed by atoms with Crippen LogP contribution in [-0.4, -0.2) is 75.6 Å². The molecule has 0 bridgehead atoms. The summed E-state index contributed by atoms with van der Waals surface area (Å²) in [5.41, 5.74) is 3.46. The SMILES string of the molecule is C[C@@H]1CN([C@H](C)CO)C(=O)c2cc(C3=CCCCC3)cnc2O[C@@H]1CN(C)C(=O)Cc1ccncc1. The smallest absolute Gasteiger partial charge is 0.259 e. The van der Waals surface area contributed by atoms with Crippen LogP contribution in [0.4, 0.5) is 0 Å². The van der Waals surface area contributed by atoms with Crippen molar-refractivity contribution in [2.75, 3.05) is 26.7 Å². The van der Waals surface area contributed by atoms with Crippen molar-refractivity contribution in [2.45, 2.75) is 58.1 Å². The van der Waals surface area contributed by atoms with E-state index in [9.17, 15) is 14.7 Å². The summed E-state index contributed by atoms with van der Waals surface area (Å²) in [5.74, 6) is -0.0233. The fourth-order valence-electron chi connectivity index (χ4n) is 4.78. The van der Waals surface area contributed by atoms with Crippen molar-refractivity contribution in [3.8, 4) is 5.88 Å². The first-order valence-corrected chi connectivity index (χ1v) is 12.8. The highest BCUT2D eigenvalue weighted by molar-refractivity contribution is 5.97. The number of allylic oxidation sites excluding steroid dienone is 2. The summed E-state index contributed by atoms with van der Waals surface area (Å²) in [6.07, 6.45) is 11.6. The molecule has 0 unspecified atom stereocenters. The normalized spacial score (nSPS) is 20.9. The van der Waals surface area contributed by atoms with Crippen LogP contribution in [-0.2, 0) is 11.2 Å². The molecule has 8 heteroatoms. The molecule has 3 heterocycles. The van der Waals surface area contributed by atoms with Crippen LogP contribution in [0.25, 0.3) is 5.57 Å². The van der Waals surface area contributed by atoms with Crippen molar-refractivity contribution < 1.29 is 19.4 Å². The summed E-state index contributed by atoms with van der Waals surface area (Å²) >= 11 is 0. The molecular formula is C28H36N4O4. The lowest BCUT2D eigenvalue weighted by Crippen LogP contribution is -2.50. The molecule has 8 nitrogen and oxygen atoms in total. The third kappa shape index (κ3) is 5.93. The maximum Gasteiger partial charge on any atom is 0.259 e. The van der Waals surface area contributed by atoms with E-state index in [0.29, 0.717) is 18.7 Å². The molecule has 0 saturated heterocycles. The van der Waals surface area contributed by atoms with Crippen molar-refractivity contribution in [2.24, 2.45) is 5.92 Å². The summed E-state index contributed by atoms with van der Waals surface area (Å²) in [6, 6.07) is 5.19. The predicted octanol–water partition coefficient (Wildman–Crippen LogP) is 3.36. The van der Waals surface area contributed by atoms with Gasteiger partial charge in [0.05, 0.1) is 25.6 Å². The largest absolute Gasteiger partial charge is 0.472 e. The molecule has 36 heavy (non-hydrogen) atoms. The number of amides is 2. The lowest BCUT2D eigenvalue weighted by Gasteiger charge is -2.37. The molecule has 3 atom stereocenters. The fourth-order valence-corrected chi connectivity index (χ4v) is 4.78. The van der Waals surface area contributed by atoms with E-state index in [-0.39, 0.29) is 48.8 Å². The van der Waals surface area contributed by atoms with Gasteiger partial charge in [-0.3, -0.25) is 14.6 Å². The van der Waals surface area contributed by atoms with Gasteiger partial charge in [0.2, 0.25) is 11.8 Å². The molecule has 1 aliphatic carbocycles. The molecule has 0 aromatic carbocycles. The molecule has 2 aromatic heterocycles. The number of pyridine rings is 2. The number of fused-ring (bicyclic) bond motifs is 1. The minimum atomic E-state index is -0.371. The van der Waals surface area contributed by atoms with Gasteiger partial charge < -0.3 is 19.6 Å². The molecule has 2 aromatic rings. The highest BCUT2D eigenvalue weighted by atomic mass is 16.5. The number of carbonyl (C=O) groups is 2. The zero-order chi connectivity index (χ0) is 25.7. The Kier molecular flexibility index (Phi) is 8.36. The lowest BCUT2D eigenvalue weighted by molar-refractivity contribution is -0.130. The summed E-state index contributed by atoms with van der Waals surface area (Å²) < 4.78 is 6.35. The highest BCUT2D eigenvalue weighted by Gasteiger charge is 2.35. The third-order valence-corrected chi connectivity index (χ3v) is 7.17. The number of nitrogens with zero attached hydrogens (tertiary/aromatic N) is 4. The Hall–Kier alpha value is -3.26. The van der Waals surface area contributed by atoms with Gasteiger partial charge in [0.1, 0.15) is 11.7 Å². The Bertz CT molecular complexity index is 1100. The van der Waals surface area contributed by atoms with Gasteiger partial charge in [-0.05, 0) is 67.5 Å². The summed E-state index contributed by atoms with van der Waals surface area (Å²) in [7, 11) is 1.77. The van der Waals surface area contributed by atoms with Gasteiger partial charge in [0, 0.05) is 38.1 Å². The first-order chi connectivity index (χ1) is 17.4. The summed E-state index contributed by atoms with van der Waals surface area (Å²) in [6.45, 7) is 4.47. The van der Waals surface area contributed by atoms with Crippen LogP contribution >= 0.6 is 0 Å². The summed E-state index contributed by atoms with van der Waals surface area (Å²) in [4.78, 5) is 38.5. The van der Waals surface area contributed by atoms with Crippen LogP contribution in [0.2, 0.25) is 0 Å². The molecule has 2 amide bonds. The van der Waals surface area contributed by atoms with E-state index in [0.717, 1.165) is 30.4 Å². The Morgan fingerprint density at radius 1 is 1.31 bits per heavy atom. The molecule has 0 spiro atoms. The summed E-state index contributed by atoms with van der Waals surface area (Å²) in [5, 5.41) is 9.88. The average molecular weight is 493 g/mol. The van der Waals surface area contributed by atoms with Crippen molar-refractivity contribution in [3.05, 3.63) is 59.6 Å². The van der Waals surface area contributed by atoms with Crippen molar-refractivity contribution >= 4 is 17.4 Å². The van der Waals surface area contributed by atoms with Gasteiger partial charge in [-0.1, -0.05) is 13.0 Å². The molecule has 1 N–H and O–H groups in total. The number of carbonyl (C=O) groups excluding carboxylic acids is 2. The number of rotatable bonds is 7. The van der Waals surface area contributed by atoms with Gasteiger partial charge in [-0.25, -0.2) is 4.98 Å². The molecule has 2 aliphatic rings. The molecule has 0 saturated carbocycles. The zero-order valence-electron chi connectivity index (χ0n) is 21.4. The second-order valence-corrected chi connectivity index (χ2v) is 9.98. The second-order valence-electron chi connectivity index (χ2n) is 9.98. The molecule has 1 aliphatic heterocycles. The monoisotopic (exact) mass is 492 g/mol. The van der Waals surface area contributed by atoms with E-state index in [4.69, 9.17) is 4.74 Å².